The third kappa shape index (κ3) is 2.36. The van der Waals surface area contributed by atoms with Crippen molar-refractivity contribution in [2.75, 3.05) is 6.61 Å². The molecule has 0 aromatic carbocycles. The maximum atomic E-state index is 6.36. The number of rotatable bonds is 2. The second-order valence-corrected chi connectivity index (χ2v) is 5.29. The summed E-state index contributed by atoms with van der Waals surface area (Å²) in [5.41, 5.74) is 6.64. The quantitative estimate of drug-likeness (QED) is 0.759. The Hall–Kier alpha value is -0.500. The molecule has 2 heteroatoms. The van der Waals surface area contributed by atoms with Gasteiger partial charge in [0.2, 0.25) is 0 Å². The normalized spacial score (nSPS) is 27.7. The van der Waals surface area contributed by atoms with Crippen LogP contribution in [0.2, 0.25) is 0 Å². The summed E-state index contributed by atoms with van der Waals surface area (Å²) in [5, 5.41) is 0. The van der Waals surface area contributed by atoms with Crippen molar-refractivity contribution < 1.29 is 4.74 Å². The Kier molecular flexibility index (Phi) is 3.35. The lowest BCUT2D eigenvalue weighted by atomic mass is 9.70. The Labute approximate surface area is 92.9 Å². The van der Waals surface area contributed by atoms with E-state index < -0.39 is 0 Å². The lowest BCUT2D eigenvalue weighted by molar-refractivity contribution is 0.108. The van der Waals surface area contributed by atoms with Crippen LogP contribution in [0.3, 0.4) is 0 Å². The summed E-state index contributed by atoms with van der Waals surface area (Å²) in [6.07, 6.45) is 11.0. The van der Waals surface area contributed by atoms with E-state index in [0.29, 0.717) is 0 Å². The summed E-state index contributed by atoms with van der Waals surface area (Å²) in [7, 11) is 0. The minimum atomic E-state index is 0.123. The molecule has 0 saturated heterocycles. The zero-order valence-electron chi connectivity index (χ0n) is 9.80. The van der Waals surface area contributed by atoms with Crippen LogP contribution < -0.4 is 5.73 Å². The average molecular weight is 209 g/mol. The van der Waals surface area contributed by atoms with Crippen molar-refractivity contribution in [1.82, 2.24) is 0 Å². The molecule has 1 unspecified atom stereocenters. The van der Waals surface area contributed by atoms with Gasteiger partial charge in [-0.1, -0.05) is 26.2 Å². The maximum Gasteiger partial charge on any atom is 0.109 e. The molecule has 2 N–H and O–H groups in total. The van der Waals surface area contributed by atoms with Crippen molar-refractivity contribution in [3.8, 4) is 0 Å². The van der Waals surface area contributed by atoms with Crippen molar-refractivity contribution >= 4 is 0 Å². The fourth-order valence-electron chi connectivity index (χ4n) is 2.81. The molecule has 1 saturated carbocycles. The largest absolute Gasteiger partial charge is 0.497 e. The minimum absolute atomic E-state index is 0.123. The lowest BCUT2D eigenvalue weighted by Gasteiger charge is -2.40. The first-order valence-electron chi connectivity index (χ1n) is 6.31. The van der Waals surface area contributed by atoms with Crippen molar-refractivity contribution in [3.63, 3.8) is 0 Å². The predicted molar refractivity (Wildman–Crippen MR) is 62.4 cm³/mol. The standard InChI is InChI=1S/C13H23NO/c1-13(8-4-2-5-9-13)12(14)11-7-3-6-10-15-11/h7,12H,2-6,8-10,14H2,1H3. The van der Waals surface area contributed by atoms with Crippen molar-refractivity contribution in [1.29, 1.82) is 0 Å². The SMILES string of the molecule is CC1(C(N)C2=CCCCO2)CCCCC1. The number of hydrogen-bond donors (Lipinski definition) is 1. The van der Waals surface area contributed by atoms with Crippen LogP contribution in [-0.4, -0.2) is 12.6 Å². The van der Waals surface area contributed by atoms with E-state index in [1.165, 1.54) is 32.1 Å². The first kappa shape index (κ1) is 11.0. The highest BCUT2D eigenvalue weighted by molar-refractivity contribution is 5.10. The molecular formula is C13H23NO. The van der Waals surface area contributed by atoms with Crippen LogP contribution >= 0.6 is 0 Å². The van der Waals surface area contributed by atoms with Gasteiger partial charge < -0.3 is 10.5 Å². The molecular weight excluding hydrogens is 186 g/mol. The van der Waals surface area contributed by atoms with Gasteiger partial charge in [-0.3, -0.25) is 0 Å². The lowest BCUT2D eigenvalue weighted by Crippen LogP contribution is -2.43. The van der Waals surface area contributed by atoms with Gasteiger partial charge in [-0.2, -0.15) is 0 Å². The third-order valence-corrected chi connectivity index (χ3v) is 4.02. The van der Waals surface area contributed by atoms with Crippen LogP contribution in [0.4, 0.5) is 0 Å². The van der Waals surface area contributed by atoms with Crippen LogP contribution in [0, 0.1) is 5.41 Å². The topological polar surface area (TPSA) is 35.2 Å². The zero-order chi connectivity index (χ0) is 10.7. The fourth-order valence-corrected chi connectivity index (χ4v) is 2.81. The smallest absolute Gasteiger partial charge is 0.109 e. The predicted octanol–water partition coefficient (Wildman–Crippen LogP) is 2.98. The zero-order valence-corrected chi connectivity index (χ0v) is 9.80. The monoisotopic (exact) mass is 209 g/mol. The highest BCUT2D eigenvalue weighted by Gasteiger charge is 2.36. The van der Waals surface area contributed by atoms with Crippen molar-refractivity contribution in [2.24, 2.45) is 11.1 Å². The molecule has 2 aliphatic rings. The molecule has 2 nitrogen and oxygen atoms in total. The Morgan fingerprint density at radius 1 is 1.27 bits per heavy atom. The first-order valence-corrected chi connectivity index (χ1v) is 6.31. The first-order chi connectivity index (χ1) is 7.22. The Balaban J connectivity index is 2.04. The second-order valence-electron chi connectivity index (χ2n) is 5.29. The average Bonchev–Trinajstić information content (AvgIpc) is 2.30. The highest BCUT2D eigenvalue weighted by atomic mass is 16.5. The molecule has 86 valence electrons. The third-order valence-electron chi connectivity index (χ3n) is 4.02. The molecule has 1 aliphatic carbocycles. The van der Waals surface area contributed by atoms with Crippen LogP contribution in [-0.2, 0) is 4.74 Å². The minimum Gasteiger partial charge on any atom is -0.497 e. The van der Waals surface area contributed by atoms with Gasteiger partial charge in [0.1, 0.15) is 5.76 Å². The Bertz CT molecular complexity index is 241. The molecule has 0 spiro atoms. The molecule has 1 aliphatic heterocycles. The maximum absolute atomic E-state index is 6.36. The molecule has 15 heavy (non-hydrogen) atoms. The van der Waals surface area contributed by atoms with Gasteiger partial charge in [-0.05, 0) is 37.2 Å². The fraction of sp³-hybridized carbons (Fsp3) is 0.846. The van der Waals surface area contributed by atoms with Crippen molar-refractivity contribution in [2.45, 2.75) is 57.9 Å². The van der Waals surface area contributed by atoms with Gasteiger partial charge in [-0.15, -0.1) is 0 Å². The van der Waals surface area contributed by atoms with Gasteiger partial charge in [0, 0.05) is 0 Å². The van der Waals surface area contributed by atoms with Crippen molar-refractivity contribution in [3.05, 3.63) is 11.8 Å². The summed E-state index contributed by atoms with van der Waals surface area (Å²) < 4.78 is 5.69. The van der Waals surface area contributed by atoms with E-state index in [0.717, 1.165) is 25.2 Å². The van der Waals surface area contributed by atoms with Gasteiger partial charge in [0.15, 0.2) is 0 Å². The molecule has 0 aromatic rings. The van der Waals surface area contributed by atoms with E-state index in [1.807, 2.05) is 0 Å². The summed E-state index contributed by atoms with van der Waals surface area (Å²) in [6.45, 7) is 3.19. The van der Waals surface area contributed by atoms with E-state index in [9.17, 15) is 0 Å². The van der Waals surface area contributed by atoms with Crippen LogP contribution in [0.5, 0.6) is 0 Å². The van der Waals surface area contributed by atoms with Gasteiger partial charge in [0.25, 0.3) is 0 Å². The summed E-state index contributed by atoms with van der Waals surface area (Å²) in [6, 6.07) is 0.123. The van der Waals surface area contributed by atoms with E-state index in [-0.39, 0.29) is 11.5 Å². The number of hydrogen-bond acceptors (Lipinski definition) is 2. The van der Waals surface area contributed by atoms with Gasteiger partial charge >= 0.3 is 0 Å². The van der Waals surface area contributed by atoms with Gasteiger partial charge in [-0.25, -0.2) is 0 Å². The number of nitrogens with two attached hydrogens (primary N) is 1. The molecule has 1 atom stereocenters. The number of ether oxygens (including phenoxy) is 1. The molecule has 0 radical (unpaired) electrons. The van der Waals surface area contributed by atoms with E-state index in [2.05, 4.69) is 13.0 Å². The molecule has 0 bridgehead atoms. The Morgan fingerprint density at radius 3 is 2.60 bits per heavy atom. The van der Waals surface area contributed by atoms with Crippen LogP contribution in [0.25, 0.3) is 0 Å². The summed E-state index contributed by atoms with van der Waals surface area (Å²) in [5.74, 6) is 1.06. The molecule has 0 aromatic heterocycles. The molecule has 1 heterocycles. The Morgan fingerprint density at radius 2 is 2.00 bits per heavy atom. The van der Waals surface area contributed by atoms with Gasteiger partial charge in [0.05, 0.1) is 12.6 Å². The van der Waals surface area contributed by atoms with Crippen LogP contribution in [0.1, 0.15) is 51.9 Å². The van der Waals surface area contributed by atoms with Crippen LogP contribution in [0.15, 0.2) is 11.8 Å². The highest BCUT2D eigenvalue weighted by Crippen LogP contribution is 2.40. The molecule has 1 fully saturated rings. The molecule has 2 rings (SSSR count). The van der Waals surface area contributed by atoms with E-state index in [1.54, 1.807) is 0 Å². The molecule has 0 amide bonds. The van der Waals surface area contributed by atoms with E-state index >= 15 is 0 Å². The number of allylic oxidation sites excluding steroid dienone is 1. The van der Waals surface area contributed by atoms with E-state index in [4.69, 9.17) is 10.5 Å². The summed E-state index contributed by atoms with van der Waals surface area (Å²) >= 11 is 0. The summed E-state index contributed by atoms with van der Waals surface area (Å²) in [4.78, 5) is 0. The second kappa shape index (κ2) is 4.56.